The molecule has 0 spiro atoms. The van der Waals surface area contributed by atoms with E-state index in [0.29, 0.717) is 0 Å². The van der Waals surface area contributed by atoms with Crippen LogP contribution in [-0.4, -0.2) is 6.09 Å². The van der Waals surface area contributed by atoms with Crippen LogP contribution in [0.4, 0.5) is 4.79 Å². The molecule has 0 unspecified atom stereocenters. The summed E-state index contributed by atoms with van der Waals surface area (Å²) in [7, 11) is 0. The molecule has 20 heavy (non-hydrogen) atoms. The molecule has 5 nitrogen and oxygen atoms in total. The third kappa shape index (κ3) is 1.65. The van der Waals surface area contributed by atoms with E-state index < -0.39 is 11.7 Å². The number of rotatable bonds is 1. The lowest BCUT2D eigenvalue weighted by Crippen LogP contribution is -2.26. The Hall–Kier alpha value is -2.78. The Morgan fingerprint density at radius 2 is 1.60 bits per heavy atom. The van der Waals surface area contributed by atoms with E-state index in [9.17, 15) is 4.79 Å². The zero-order valence-corrected chi connectivity index (χ0v) is 10.8. The van der Waals surface area contributed by atoms with Crippen molar-refractivity contribution in [1.82, 2.24) is 0 Å². The van der Waals surface area contributed by atoms with Gasteiger partial charge in [-0.05, 0) is 23.6 Å². The molecule has 98 valence electrons. The molecule has 1 aliphatic rings. The number of nitrogens with zero attached hydrogens (tertiary/aromatic N) is 3. The van der Waals surface area contributed by atoms with Crippen molar-refractivity contribution < 1.29 is 9.53 Å². The van der Waals surface area contributed by atoms with Gasteiger partial charge in [0.2, 0.25) is 0 Å². The third-order valence-corrected chi connectivity index (χ3v) is 3.59. The van der Waals surface area contributed by atoms with E-state index in [1.807, 2.05) is 55.5 Å². The Balaban J connectivity index is 2.20. The van der Waals surface area contributed by atoms with E-state index >= 15 is 0 Å². The zero-order chi connectivity index (χ0) is 14.2. The smallest absolute Gasteiger partial charge is 0.397 e. The number of amides is 1. The average molecular weight is 265 g/mol. The van der Waals surface area contributed by atoms with Crippen molar-refractivity contribution in [2.45, 2.75) is 12.5 Å². The predicted molar refractivity (Wildman–Crippen MR) is 74.0 cm³/mol. The number of benzene rings is 2. The minimum Gasteiger partial charge on any atom is -0.445 e. The molecule has 2 aromatic rings. The van der Waals surface area contributed by atoms with Crippen molar-refractivity contribution in [3.05, 3.63) is 70.1 Å². The summed E-state index contributed by atoms with van der Waals surface area (Å²) in [6.07, 6.45) is -0.929. The van der Waals surface area contributed by atoms with Crippen LogP contribution in [0, 0.1) is 0 Å². The summed E-state index contributed by atoms with van der Waals surface area (Å²) in [5.74, 6) is 0. The molecule has 0 bridgehead atoms. The molecule has 0 aliphatic heterocycles. The van der Waals surface area contributed by atoms with E-state index in [0.717, 1.165) is 22.3 Å². The highest BCUT2D eigenvalue weighted by atomic mass is 16.6. The van der Waals surface area contributed by atoms with Gasteiger partial charge in [0.1, 0.15) is 0 Å². The largest absolute Gasteiger partial charge is 0.445 e. The molecular formula is C15H11N3O2. The summed E-state index contributed by atoms with van der Waals surface area (Å²) < 4.78 is 5.43. The normalized spacial score (nSPS) is 13.8. The molecule has 1 amide bonds. The number of hydrogen-bond donors (Lipinski definition) is 0. The summed E-state index contributed by atoms with van der Waals surface area (Å²) in [5, 5.41) is 3.00. The number of hydrogen-bond acceptors (Lipinski definition) is 2. The van der Waals surface area contributed by atoms with Crippen LogP contribution in [0.15, 0.2) is 53.6 Å². The van der Waals surface area contributed by atoms with Crippen LogP contribution in [0.3, 0.4) is 0 Å². The molecule has 0 radical (unpaired) electrons. The maximum absolute atomic E-state index is 11.6. The van der Waals surface area contributed by atoms with Crippen LogP contribution in [0.5, 0.6) is 0 Å². The minimum atomic E-state index is -0.932. The molecule has 0 N–H and O–H groups in total. The number of ether oxygens (including phenoxy) is 1. The number of carbonyl (C=O) groups excluding carboxylic acids is 1. The maximum atomic E-state index is 11.6. The fourth-order valence-corrected chi connectivity index (χ4v) is 2.75. The van der Waals surface area contributed by atoms with Gasteiger partial charge in [-0.1, -0.05) is 48.5 Å². The summed E-state index contributed by atoms with van der Waals surface area (Å²) in [5.41, 5.74) is 11.2. The van der Waals surface area contributed by atoms with E-state index in [1.165, 1.54) is 0 Å². The van der Waals surface area contributed by atoms with Gasteiger partial charge in [0, 0.05) is 21.2 Å². The molecule has 0 aromatic heterocycles. The molecule has 1 aliphatic carbocycles. The molecule has 2 aromatic carbocycles. The Kier molecular flexibility index (Phi) is 2.70. The second-order valence-corrected chi connectivity index (χ2v) is 4.68. The van der Waals surface area contributed by atoms with Crippen molar-refractivity contribution in [2.24, 2.45) is 5.11 Å². The van der Waals surface area contributed by atoms with Gasteiger partial charge in [0.25, 0.3) is 0 Å². The number of fused-ring (bicyclic) bond motifs is 3. The summed E-state index contributed by atoms with van der Waals surface area (Å²) in [6.45, 7) is 1.81. The quantitative estimate of drug-likeness (QED) is 0.436. The van der Waals surface area contributed by atoms with Crippen LogP contribution in [-0.2, 0) is 10.3 Å². The molecule has 5 heteroatoms. The molecule has 0 atom stereocenters. The van der Waals surface area contributed by atoms with Gasteiger partial charge in [-0.15, -0.1) is 0 Å². The maximum Gasteiger partial charge on any atom is 0.397 e. The standard InChI is InChI=1S/C15H11N3O2/c1-15(20-14(19)17-18-16)12-8-4-2-6-10(12)11-7-3-5-9-13(11)15/h2-9H,1H3. The van der Waals surface area contributed by atoms with Gasteiger partial charge < -0.3 is 4.74 Å². The van der Waals surface area contributed by atoms with E-state index in [4.69, 9.17) is 10.3 Å². The lowest BCUT2D eigenvalue weighted by atomic mass is 9.93. The van der Waals surface area contributed by atoms with E-state index in [2.05, 4.69) is 10.0 Å². The lowest BCUT2D eigenvalue weighted by molar-refractivity contribution is 0.0629. The molecule has 0 fully saturated rings. The van der Waals surface area contributed by atoms with E-state index in [1.54, 1.807) is 0 Å². The highest BCUT2D eigenvalue weighted by Gasteiger charge is 2.42. The monoisotopic (exact) mass is 265 g/mol. The van der Waals surface area contributed by atoms with Gasteiger partial charge in [-0.3, -0.25) is 0 Å². The zero-order valence-electron chi connectivity index (χ0n) is 10.8. The average Bonchev–Trinajstić information content (AvgIpc) is 2.70. The first-order valence-corrected chi connectivity index (χ1v) is 6.14. The van der Waals surface area contributed by atoms with E-state index in [-0.39, 0.29) is 0 Å². The summed E-state index contributed by atoms with van der Waals surface area (Å²) >= 11 is 0. The van der Waals surface area contributed by atoms with Crippen LogP contribution in [0.1, 0.15) is 18.1 Å². The predicted octanol–water partition coefficient (Wildman–Crippen LogP) is 4.38. The van der Waals surface area contributed by atoms with Crippen LogP contribution in [0.25, 0.3) is 21.6 Å². The Labute approximate surface area is 115 Å². The first-order valence-electron chi connectivity index (χ1n) is 6.14. The molecular weight excluding hydrogens is 254 g/mol. The van der Waals surface area contributed by atoms with Gasteiger partial charge in [-0.2, -0.15) is 0 Å². The Morgan fingerprint density at radius 1 is 1.10 bits per heavy atom. The van der Waals surface area contributed by atoms with Crippen LogP contribution < -0.4 is 0 Å². The highest BCUT2D eigenvalue weighted by Crippen LogP contribution is 2.49. The fourth-order valence-electron chi connectivity index (χ4n) is 2.75. The summed E-state index contributed by atoms with van der Waals surface area (Å²) in [4.78, 5) is 14.1. The van der Waals surface area contributed by atoms with Crippen molar-refractivity contribution in [1.29, 1.82) is 0 Å². The molecule has 0 saturated carbocycles. The third-order valence-electron chi connectivity index (χ3n) is 3.59. The molecule has 3 rings (SSSR count). The van der Waals surface area contributed by atoms with Gasteiger partial charge >= 0.3 is 6.09 Å². The molecule has 0 heterocycles. The fraction of sp³-hybridized carbons (Fsp3) is 0.133. The number of carbonyl (C=O) groups is 1. The Morgan fingerprint density at radius 3 is 2.10 bits per heavy atom. The lowest BCUT2D eigenvalue weighted by Gasteiger charge is -2.26. The minimum absolute atomic E-state index is 0.891. The second-order valence-electron chi connectivity index (χ2n) is 4.68. The summed E-state index contributed by atoms with van der Waals surface area (Å²) in [6, 6.07) is 15.5. The van der Waals surface area contributed by atoms with Crippen molar-refractivity contribution >= 4 is 6.09 Å². The highest BCUT2D eigenvalue weighted by molar-refractivity contribution is 5.81. The number of azide groups is 1. The van der Waals surface area contributed by atoms with Crippen LogP contribution in [0.2, 0.25) is 0 Å². The van der Waals surface area contributed by atoms with Crippen molar-refractivity contribution in [3.63, 3.8) is 0 Å². The SMILES string of the molecule is CC1(OC(=O)N=[N+]=[N-])c2ccccc2-c2ccccc21. The van der Waals surface area contributed by atoms with Crippen molar-refractivity contribution in [3.8, 4) is 11.1 Å². The second kappa shape index (κ2) is 4.40. The Bertz CT molecular complexity index is 703. The van der Waals surface area contributed by atoms with Crippen LogP contribution >= 0.6 is 0 Å². The first kappa shape index (κ1) is 12.3. The molecule has 0 saturated heterocycles. The van der Waals surface area contributed by atoms with Gasteiger partial charge in [0.15, 0.2) is 5.60 Å². The first-order chi connectivity index (χ1) is 9.66. The van der Waals surface area contributed by atoms with Crippen molar-refractivity contribution in [2.75, 3.05) is 0 Å². The van der Waals surface area contributed by atoms with Gasteiger partial charge in [0.05, 0.1) is 0 Å². The topological polar surface area (TPSA) is 75.1 Å². The van der Waals surface area contributed by atoms with Gasteiger partial charge in [-0.25, -0.2) is 4.79 Å².